The second-order valence-corrected chi connectivity index (χ2v) is 6.15. The van der Waals surface area contributed by atoms with Crippen molar-refractivity contribution in [1.82, 2.24) is 9.80 Å². The zero-order valence-electron chi connectivity index (χ0n) is 13.2. The lowest BCUT2D eigenvalue weighted by atomic mass is 10.2. The number of benzene rings is 1. The summed E-state index contributed by atoms with van der Waals surface area (Å²) in [5.74, 6) is 1.84. The molecule has 0 aromatic heterocycles. The van der Waals surface area contributed by atoms with Crippen molar-refractivity contribution in [3.63, 3.8) is 0 Å². The number of ether oxygens (including phenoxy) is 2. The fourth-order valence-corrected chi connectivity index (χ4v) is 3.06. The summed E-state index contributed by atoms with van der Waals surface area (Å²) >= 11 is 0. The van der Waals surface area contributed by atoms with Gasteiger partial charge in [-0.25, -0.2) is 0 Å². The van der Waals surface area contributed by atoms with Gasteiger partial charge in [-0.05, 0) is 37.6 Å². The highest BCUT2D eigenvalue weighted by Gasteiger charge is 2.18. The highest BCUT2D eigenvalue weighted by Crippen LogP contribution is 2.32. The topological polar surface area (TPSA) is 42.0 Å². The van der Waals surface area contributed by atoms with Crippen LogP contribution in [0.15, 0.2) is 18.2 Å². The first-order chi connectivity index (χ1) is 10.7. The third-order valence-corrected chi connectivity index (χ3v) is 4.25. The summed E-state index contributed by atoms with van der Waals surface area (Å²) in [4.78, 5) is 16.5. The standard InChI is InChI=1S/C17H24N2O3/c1-18(12-17(20)19-8-4-2-3-5-9-19)11-14-6-7-15-16(10-14)22-13-21-15/h6-7,10H,2-5,8-9,11-13H2,1H3. The summed E-state index contributed by atoms with van der Waals surface area (Å²) in [6.07, 6.45) is 4.77. The summed E-state index contributed by atoms with van der Waals surface area (Å²) in [5.41, 5.74) is 1.13. The summed E-state index contributed by atoms with van der Waals surface area (Å²) in [6.45, 7) is 3.32. The number of likely N-dealkylation sites (N-methyl/N-ethyl adjacent to an activating group) is 1. The van der Waals surface area contributed by atoms with Crippen molar-refractivity contribution in [3.8, 4) is 11.5 Å². The van der Waals surface area contributed by atoms with Gasteiger partial charge in [0.1, 0.15) is 0 Å². The number of likely N-dealkylation sites (tertiary alicyclic amines) is 1. The van der Waals surface area contributed by atoms with Gasteiger partial charge in [-0.1, -0.05) is 18.9 Å². The molecule has 0 spiro atoms. The smallest absolute Gasteiger partial charge is 0.236 e. The van der Waals surface area contributed by atoms with Crippen molar-refractivity contribution >= 4 is 5.91 Å². The van der Waals surface area contributed by atoms with Crippen molar-refractivity contribution in [3.05, 3.63) is 23.8 Å². The SMILES string of the molecule is CN(CC(=O)N1CCCCCC1)Cc1ccc2c(c1)OCO2. The van der Waals surface area contributed by atoms with E-state index in [0.29, 0.717) is 13.3 Å². The van der Waals surface area contributed by atoms with Crippen LogP contribution in [0.5, 0.6) is 11.5 Å². The van der Waals surface area contributed by atoms with Gasteiger partial charge in [-0.3, -0.25) is 9.69 Å². The first-order valence-electron chi connectivity index (χ1n) is 8.07. The molecule has 0 radical (unpaired) electrons. The van der Waals surface area contributed by atoms with Crippen molar-refractivity contribution in [1.29, 1.82) is 0 Å². The lowest BCUT2D eigenvalue weighted by Crippen LogP contribution is -2.39. The first-order valence-corrected chi connectivity index (χ1v) is 8.07. The summed E-state index contributed by atoms with van der Waals surface area (Å²) in [7, 11) is 1.99. The summed E-state index contributed by atoms with van der Waals surface area (Å²) in [6, 6.07) is 5.96. The number of hydrogen-bond donors (Lipinski definition) is 0. The molecule has 5 nitrogen and oxygen atoms in total. The Hall–Kier alpha value is -1.75. The second kappa shape index (κ2) is 7.01. The van der Waals surface area contributed by atoms with Gasteiger partial charge in [0.25, 0.3) is 0 Å². The van der Waals surface area contributed by atoms with E-state index in [1.165, 1.54) is 12.8 Å². The molecule has 2 heterocycles. The van der Waals surface area contributed by atoms with Crippen LogP contribution in [0.25, 0.3) is 0 Å². The molecular weight excluding hydrogens is 280 g/mol. The third-order valence-electron chi connectivity index (χ3n) is 4.25. The number of nitrogens with zero attached hydrogens (tertiary/aromatic N) is 2. The van der Waals surface area contributed by atoms with E-state index in [4.69, 9.17) is 9.47 Å². The molecule has 5 heteroatoms. The van der Waals surface area contributed by atoms with Gasteiger partial charge in [-0.2, -0.15) is 0 Å². The monoisotopic (exact) mass is 304 g/mol. The maximum absolute atomic E-state index is 12.4. The highest BCUT2D eigenvalue weighted by atomic mass is 16.7. The highest BCUT2D eigenvalue weighted by molar-refractivity contribution is 5.78. The minimum absolute atomic E-state index is 0.241. The Morgan fingerprint density at radius 3 is 2.64 bits per heavy atom. The Kier molecular flexibility index (Phi) is 4.83. The van der Waals surface area contributed by atoms with Crippen LogP contribution in [0.3, 0.4) is 0 Å². The number of carbonyl (C=O) groups excluding carboxylic acids is 1. The Labute approximate surface area is 131 Å². The molecule has 1 aromatic rings. The maximum Gasteiger partial charge on any atom is 0.236 e. The van der Waals surface area contributed by atoms with Crippen molar-refractivity contribution in [2.75, 3.05) is 33.5 Å². The molecule has 1 saturated heterocycles. The minimum atomic E-state index is 0.241. The van der Waals surface area contributed by atoms with Crippen molar-refractivity contribution < 1.29 is 14.3 Å². The van der Waals surface area contributed by atoms with Gasteiger partial charge in [0.15, 0.2) is 11.5 Å². The van der Waals surface area contributed by atoms with E-state index < -0.39 is 0 Å². The number of fused-ring (bicyclic) bond motifs is 1. The van der Waals surface area contributed by atoms with E-state index in [1.807, 2.05) is 30.1 Å². The molecule has 1 amide bonds. The zero-order valence-corrected chi connectivity index (χ0v) is 13.2. The largest absolute Gasteiger partial charge is 0.454 e. The quantitative estimate of drug-likeness (QED) is 0.855. The fourth-order valence-electron chi connectivity index (χ4n) is 3.06. The van der Waals surface area contributed by atoms with E-state index >= 15 is 0 Å². The van der Waals surface area contributed by atoms with Gasteiger partial charge < -0.3 is 14.4 Å². The van der Waals surface area contributed by atoms with Crippen LogP contribution < -0.4 is 9.47 Å². The molecule has 2 aliphatic heterocycles. The average Bonchev–Trinajstić information content (AvgIpc) is 2.79. The van der Waals surface area contributed by atoms with E-state index in [2.05, 4.69) is 4.90 Å². The average molecular weight is 304 g/mol. The van der Waals surface area contributed by atoms with Gasteiger partial charge >= 0.3 is 0 Å². The number of carbonyl (C=O) groups is 1. The molecule has 0 saturated carbocycles. The second-order valence-electron chi connectivity index (χ2n) is 6.15. The molecule has 3 rings (SSSR count). The minimum Gasteiger partial charge on any atom is -0.454 e. The van der Waals surface area contributed by atoms with Crippen LogP contribution in [0.2, 0.25) is 0 Å². The van der Waals surface area contributed by atoms with Crippen molar-refractivity contribution in [2.24, 2.45) is 0 Å². The molecular formula is C17H24N2O3. The Morgan fingerprint density at radius 2 is 1.86 bits per heavy atom. The molecule has 0 bridgehead atoms. The number of hydrogen-bond acceptors (Lipinski definition) is 4. The molecule has 0 unspecified atom stereocenters. The lowest BCUT2D eigenvalue weighted by molar-refractivity contribution is -0.132. The van der Waals surface area contributed by atoms with Gasteiger partial charge in [-0.15, -0.1) is 0 Å². The van der Waals surface area contributed by atoms with Gasteiger partial charge in [0, 0.05) is 19.6 Å². The van der Waals surface area contributed by atoms with E-state index in [0.717, 1.165) is 49.5 Å². The first kappa shape index (κ1) is 15.2. The molecule has 120 valence electrons. The molecule has 0 aliphatic carbocycles. The Balaban J connectivity index is 1.53. The van der Waals surface area contributed by atoms with E-state index in [9.17, 15) is 4.79 Å². The summed E-state index contributed by atoms with van der Waals surface area (Å²) in [5, 5.41) is 0. The predicted octanol–water partition coefficient (Wildman–Crippen LogP) is 2.25. The molecule has 1 aromatic carbocycles. The van der Waals surface area contributed by atoms with Crippen LogP contribution >= 0.6 is 0 Å². The van der Waals surface area contributed by atoms with E-state index in [-0.39, 0.29) is 5.91 Å². The maximum atomic E-state index is 12.4. The molecule has 1 fully saturated rings. The third kappa shape index (κ3) is 3.71. The van der Waals surface area contributed by atoms with E-state index in [1.54, 1.807) is 0 Å². The van der Waals surface area contributed by atoms with Crippen LogP contribution in [0, 0.1) is 0 Å². The zero-order chi connectivity index (χ0) is 15.4. The van der Waals surface area contributed by atoms with Crippen LogP contribution in [-0.4, -0.2) is 49.2 Å². The summed E-state index contributed by atoms with van der Waals surface area (Å²) < 4.78 is 10.7. The molecule has 2 aliphatic rings. The molecule has 22 heavy (non-hydrogen) atoms. The van der Waals surface area contributed by atoms with Crippen molar-refractivity contribution in [2.45, 2.75) is 32.2 Å². The lowest BCUT2D eigenvalue weighted by Gasteiger charge is -2.24. The predicted molar refractivity (Wildman–Crippen MR) is 83.9 cm³/mol. The molecule has 0 atom stereocenters. The normalized spacial score (nSPS) is 17.6. The van der Waals surface area contributed by atoms with Crippen LogP contribution in [0.4, 0.5) is 0 Å². The van der Waals surface area contributed by atoms with Gasteiger partial charge in [0.05, 0.1) is 6.54 Å². The molecule has 0 N–H and O–H groups in total. The fraction of sp³-hybridized carbons (Fsp3) is 0.588. The number of amides is 1. The van der Waals surface area contributed by atoms with Gasteiger partial charge in [0.2, 0.25) is 12.7 Å². The Bertz CT molecular complexity index is 525. The number of rotatable bonds is 4. The Morgan fingerprint density at radius 1 is 1.14 bits per heavy atom. The van der Waals surface area contributed by atoms with Crippen LogP contribution in [0.1, 0.15) is 31.2 Å². The van der Waals surface area contributed by atoms with Crippen LogP contribution in [-0.2, 0) is 11.3 Å².